The summed E-state index contributed by atoms with van der Waals surface area (Å²) >= 11 is 11.1. The minimum Gasteiger partial charge on any atom is -0.444 e. The van der Waals surface area contributed by atoms with Crippen LogP contribution in [0.5, 0.6) is 0 Å². The van der Waals surface area contributed by atoms with Crippen molar-refractivity contribution in [3.05, 3.63) is 27.9 Å². The molecule has 14 heavy (non-hydrogen) atoms. The fraction of sp³-hybridized carbons (Fsp3) is 0.444. The summed E-state index contributed by atoms with van der Waals surface area (Å²) in [5.74, 6) is 1.51. The van der Waals surface area contributed by atoms with Crippen molar-refractivity contribution in [2.75, 3.05) is 6.54 Å². The van der Waals surface area contributed by atoms with Crippen molar-refractivity contribution in [1.82, 2.24) is 10.3 Å². The van der Waals surface area contributed by atoms with E-state index in [-0.39, 0.29) is 0 Å². The lowest BCUT2D eigenvalue weighted by Gasteiger charge is -1.98. The number of aromatic nitrogens is 1. The van der Waals surface area contributed by atoms with Gasteiger partial charge in [0.1, 0.15) is 5.76 Å². The largest absolute Gasteiger partial charge is 0.444 e. The number of halogens is 2. The van der Waals surface area contributed by atoms with Crippen LogP contribution in [-0.2, 0) is 6.54 Å². The molecule has 1 rings (SSSR count). The molecule has 0 bridgehead atoms. The Bertz CT molecular complexity index is 314. The van der Waals surface area contributed by atoms with Gasteiger partial charge < -0.3 is 9.73 Å². The smallest absolute Gasteiger partial charge is 0.208 e. The molecule has 3 nitrogen and oxygen atoms in total. The Labute approximate surface area is 93.1 Å². The van der Waals surface area contributed by atoms with Crippen molar-refractivity contribution in [2.24, 2.45) is 0 Å². The number of hydrogen-bond acceptors (Lipinski definition) is 3. The highest BCUT2D eigenvalue weighted by Gasteiger charge is 2.04. The molecule has 0 aliphatic carbocycles. The minimum atomic E-state index is 0.519. The highest BCUT2D eigenvalue weighted by atomic mass is 35.5. The maximum Gasteiger partial charge on any atom is 0.208 e. The third-order valence-corrected chi connectivity index (χ3v) is 2.38. The summed E-state index contributed by atoms with van der Waals surface area (Å²) in [4.78, 5) is 4.21. The molecule has 5 heteroatoms. The molecule has 0 saturated carbocycles. The van der Waals surface area contributed by atoms with Gasteiger partial charge >= 0.3 is 0 Å². The number of aryl methyl sites for hydroxylation is 2. The van der Waals surface area contributed by atoms with Crippen molar-refractivity contribution in [3.63, 3.8) is 0 Å². The lowest BCUT2D eigenvalue weighted by molar-refractivity contribution is 0.454. The first kappa shape index (κ1) is 11.6. The van der Waals surface area contributed by atoms with Crippen LogP contribution in [-0.4, -0.2) is 11.5 Å². The van der Waals surface area contributed by atoms with Gasteiger partial charge in [-0.1, -0.05) is 23.2 Å². The molecule has 0 aliphatic rings. The predicted molar refractivity (Wildman–Crippen MR) is 57.5 cm³/mol. The number of nitrogens with one attached hydrogen (secondary N) is 1. The van der Waals surface area contributed by atoms with E-state index < -0.39 is 0 Å². The summed E-state index contributed by atoms with van der Waals surface area (Å²) in [6.07, 6.45) is 0. The standard InChI is InChI=1S/C9H12Cl2N2O/c1-6-7(2)14-9(13-6)5-12-4-8(11)3-10/h3,12H,4-5H2,1-2H3. The maximum absolute atomic E-state index is 5.68. The van der Waals surface area contributed by atoms with Crippen LogP contribution < -0.4 is 5.32 Å². The second-order valence-electron chi connectivity index (χ2n) is 2.91. The van der Waals surface area contributed by atoms with E-state index in [1.807, 2.05) is 13.8 Å². The van der Waals surface area contributed by atoms with Gasteiger partial charge in [-0.15, -0.1) is 0 Å². The van der Waals surface area contributed by atoms with Gasteiger partial charge in [0.15, 0.2) is 0 Å². The van der Waals surface area contributed by atoms with Crippen LogP contribution in [0, 0.1) is 13.8 Å². The summed E-state index contributed by atoms with van der Waals surface area (Å²) in [6.45, 7) is 4.87. The van der Waals surface area contributed by atoms with Gasteiger partial charge in [-0.05, 0) is 13.8 Å². The first-order valence-electron chi connectivity index (χ1n) is 4.22. The van der Waals surface area contributed by atoms with E-state index in [9.17, 15) is 0 Å². The Kier molecular flexibility index (Phi) is 4.45. The van der Waals surface area contributed by atoms with Gasteiger partial charge in [-0.3, -0.25) is 0 Å². The SMILES string of the molecule is Cc1nc(CNCC(Cl)=CCl)oc1C. The summed E-state index contributed by atoms with van der Waals surface area (Å²) in [5, 5.41) is 3.61. The zero-order chi connectivity index (χ0) is 10.6. The molecule has 78 valence electrons. The Morgan fingerprint density at radius 1 is 1.57 bits per heavy atom. The van der Waals surface area contributed by atoms with E-state index in [1.165, 1.54) is 5.54 Å². The summed E-state index contributed by atoms with van der Waals surface area (Å²) in [7, 11) is 0. The third kappa shape index (κ3) is 3.33. The van der Waals surface area contributed by atoms with E-state index in [4.69, 9.17) is 27.6 Å². The molecule has 1 aromatic heterocycles. The van der Waals surface area contributed by atoms with Crippen molar-refractivity contribution >= 4 is 23.2 Å². The molecule has 0 saturated heterocycles. The fourth-order valence-corrected chi connectivity index (χ4v) is 1.11. The Morgan fingerprint density at radius 3 is 2.79 bits per heavy atom. The van der Waals surface area contributed by atoms with Crippen LogP contribution >= 0.6 is 23.2 Å². The van der Waals surface area contributed by atoms with Crippen LogP contribution in [0.4, 0.5) is 0 Å². The first-order chi connectivity index (χ1) is 6.63. The second-order valence-corrected chi connectivity index (χ2v) is 3.61. The monoisotopic (exact) mass is 234 g/mol. The van der Waals surface area contributed by atoms with Gasteiger partial charge in [-0.25, -0.2) is 4.98 Å². The lowest BCUT2D eigenvalue weighted by Crippen LogP contribution is -2.14. The van der Waals surface area contributed by atoms with E-state index in [0.717, 1.165) is 11.5 Å². The van der Waals surface area contributed by atoms with E-state index in [1.54, 1.807) is 0 Å². The van der Waals surface area contributed by atoms with Gasteiger partial charge in [0, 0.05) is 17.1 Å². The molecule has 0 unspecified atom stereocenters. The topological polar surface area (TPSA) is 38.1 Å². The van der Waals surface area contributed by atoms with E-state index in [0.29, 0.717) is 24.0 Å². The van der Waals surface area contributed by atoms with Gasteiger partial charge in [0.25, 0.3) is 0 Å². The van der Waals surface area contributed by atoms with E-state index >= 15 is 0 Å². The molecule has 1 heterocycles. The number of rotatable bonds is 4. The molecule has 0 radical (unpaired) electrons. The number of nitrogens with zero attached hydrogens (tertiary/aromatic N) is 1. The van der Waals surface area contributed by atoms with Crippen LogP contribution in [0.2, 0.25) is 0 Å². The van der Waals surface area contributed by atoms with Crippen LogP contribution in [0.3, 0.4) is 0 Å². The van der Waals surface area contributed by atoms with Crippen molar-refractivity contribution in [1.29, 1.82) is 0 Å². The minimum absolute atomic E-state index is 0.519. The highest BCUT2D eigenvalue weighted by molar-refractivity contribution is 6.36. The van der Waals surface area contributed by atoms with Crippen molar-refractivity contribution < 1.29 is 4.42 Å². The highest BCUT2D eigenvalue weighted by Crippen LogP contribution is 2.08. The molecule has 1 N–H and O–H groups in total. The average Bonchev–Trinajstić information content (AvgIpc) is 2.46. The molecule has 0 aromatic carbocycles. The maximum atomic E-state index is 5.68. The zero-order valence-corrected chi connectivity index (χ0v) is 9.61. The first-order valence-corrected chi connectivity index (χ1v) is 5.03. The molecule has 0 aliphatic heterocycles. The van der Waals surface area contributed by atoms with Crippen LogP contribution in [0.25, 0.3) is 0 Å². The molecule has 0 amide bonds. The predicted octanol–water partition coefficient (Wildman–Crippen LogP) is 2.70. The second kappa shape index (κ2) is 5.39. The summed E-state index contributed by atoms with van der Waals surface area (Å²) in [5.41, 5.74) is 2.25. The summed E-state index contributed by atoms with van der Waals surface area (Å²) in [6, 6.07) is 0. The number of oxazole rings is 1. The Morgan fingerprint density at radius 2 is 2.29 bits per heavy atom. The molecule has 0 atom stereocenters. The number of hydrogen-bond donors (Lipinski definition) is 1. The van der Waals surface area contributed by atoms with E-state index in [2.05, 4.69) is 10.3 Å². The lowest BCUT2D eigenvalue weighted by atomic mass is 10.4. The molecular weight excluding hydrogens is 223 g/mol. The average molecular weight is 235 g/mol. The molecule has 0 fully saturated rings. The fourth-order valence-electron chi connectivity index (χ4n) is 0.942. The van der Waals surface area contributed by atoms with Crippen molar-refractivity contribution in [3.8, 4) is 0 Å². The van der Waals surface area contributed by atoms with Gasteiger partial charge in [-0.2, -0.15) is 0 Å². The third-order valence-electron chi connectivity index (χ3n) is 1.76. The summed E-state index contributed by atoms with van der Waals surface area (Å²) < 4.78 is 5.36. The quantitative estimate of drug-likeness (QED) is 0.871. The Hall–Kier alpha value is -0.510. The molecular formula is C9H12Cl2N2O. The normalized spacial score (nSPS) is 12.1. The van der Waals surface area contributed by atoms with Crippen LogP contribution in [0.15, 0.2) is 15.0 Å². The van der Waals surface area contributed by atoms with Crippen molar-refractivity contribution in [2.45, 2.75) is 20.4 Å². The van der Waals surface area contributed by atoms with Gasteiger partial charge in [0.2, 0.25) is 5.89 Å². The van der Waals surface area contributed by atoms with Gasteiger partial charge in [0.05, 0.1) is 12.2 Å². The molecule has 1 aromatic rings. The zero-order valence-electron chi connectivity index (χ0n) is 8.10. The molecule has 0 spiro atoms. The Balaban J connectivity index is 2.39. The van der Waals surface area contributed by atoms with Crippen LogP contribution in [0.1, 0.15) is 17.3 Å².